The van der Waals surface area contributed by atoms with Gasteiger partial charge in [-0.1, -0.05) is 17.7 Å². The monoisotopic (exact) mass is 264 g/mol. The molecule has 1 amide bonds. The Morgan fingerprint density at radius 1 is 1.28 bits per heavy atom. The first-order valence-corrected chi connectivity index (χ1v) is 5.67. The lowest BCUT2D eigenvalue weighted by Crippen LogP contribution is -2.15. The van der Waals surface area contributed by atoms with Gasteiger partial charge in [-0.25, -0.2) is 4.39 Å². The van der Waals surface area contributed by atoms with Gasteiger partial charge in [-0.05, 0) is 29.8 Å². The van der Waals surface area contributed by atoms with Crippen LogP contribution in [0, 0.1) is 5.82 Å². The van der Waals surface area contributed by atoms with Gasteiger partial charge in [-0.3, -0.25) is 9.78 Å². The Labute approximate surface area is 109 Å². The molecule has 1 N–H and O–H groups in total. The van der Waals surface area contributed by atoms with Gasteiger partial charge in [0, 0.05) is 23.1 Å². The molecule has 0 spiro atoms. The highest BCUT2D eigenvalue weighted by molar-refractivity contribution is 6.30. The SMILES string of the molecule is O=C(Cc1ccc(Cl)cc1F)Nc1ccncc1. The lowest BCUT2D eigenvalue weighted by atomic mass is 10.1. The average Bonchev–Trinajstić information content (AvgIpc) is 2.34. The van der Waals surface area contributed by atoms with Crippen molar-refractivity contribution < 1.29 is 9.18 Å². The number of benzene rings is 1. The molecular formula is C13H10ClFN2O. The first-order valence-electron chi connectivity index (χ1n) is 5.29. The third kappa shape index (κ3) is 3.28. The summed E-state index contributed by atoms with van der Waals surface area (Å²) in [5.74, 6) is -0.769. The molecule has 0 radical (unpaired) electrons. The molecule has 0 aliphatic carbocycles. The van der Waals surface area contributed by atoms with E-state index in [0.29, 0.717) is 16.3 Å². The van der Waals surface area contributed by atoms with Crippen LogP contribution in [0.25, 0.3) is 0 Å². The van der Waals surface area contributed by atoms with E-state index >= 15 is 0 Å². The quantitative estimate of drug-likeness (QED) is 0.926. The van der Waals surface area contributed by atoms with Crippen LogP contribution in [0.15, 0.2) is 42.7 Å². The van der Waals surface area contributed by atoms with E-state index in [4.69, 9.17) is 11.6 Å². The van der Waals surface area contributed by atoms with E-state index in [1.54, 1.807) is 30.6 Å². The summed E-state index contributed by atoms with van der Waals surface area (Å²) in [6.45, 7) is 0. The number of amides is 1. The van der Waals surface area contributed by atoms with Gasteiger partial charge in [-0.15, -0.1) is 0 Å². The zero-order valence-corrected chi connectivity index (χ0v) is 10.1. The summed E-state index contributed by atoms with van der Waals surface area (Å²) in [6.07, 6.45) is 3.10. The van der Waals surface area contributed by atoms with Crippen LogP contribution in [-0.4, -0.2) is 10.9 Å². The lowest BCUT2D eigenvalue weighted by Gasteiger charge is -2.05. The Hall–Kier alpha value is -1.94. The third-order valence-electron chi connectivity index (χ3n) is 2.33. The van der Waals surface area contributed by atoms with Crippen LogP contribution in [0.5, 0.6) is 0 Å². The number of carbonyl (C=O) groups is 1. The van der Waals surface area contributed by atoms with Crippen LogP contribution in [-0.2, 0) is 11.2 Å². The maximum absolute atomic E-state index is 13.5. The summed E-state index contributed by atoms with van der Waals surface area (Å²) in [5, 5.41) is 2.96. The summed E-state index contributed by atoms with van der Waals surface area (Å²) in [6, 6.07) is 7.58. The van der Waals surface area contributed by atoms with Gasteiger partial charge in [0.25, 0.3) is 0 Å². The molecule has 0 atom stereocenters. The Bertz CT molecular complexity index is 560. The maximum atomic E-state index is 13.5. The highest BCUT2D eigenvalue weighted by Gasteiger charge is 2.08. The molecule has 1 heterocycles. The zero-order valence-electron chi connectivity index (χ0n) is 9.36. The van der Waals surface area contributed by atoms with Crippen molar-refractivity contribution in [2.75, 3.05) is 5.32 Å². The van der Waals surface area contributed by atoms with Crippen molar-refractivity contribution in [3.05, 3.63) is 59.1 Å². The predicted octanol–water partition coefficient (Wildman–Crippen LogP) is 3.06. The van der Waals surface area contributed by atoms with Gasteiger partial charge < -0.3 is 5.32 Å². The third-order valence-corrected chi connectivity index (χ3v) is 2.57. The number of halogens is 2. The molecular weight excluding hydrogens is 255 g/mol. The Morgan fingerprint density at radius 3 is 2.67 bits per heavy atom. The van der Waals surface area contributed by atoms with Crippen molar-refractivity contribution in [2.24, 2.45) is 0 Å². The smallest absolute Gasteiger partial charge is 0.228 e. The van der Waals surface area contributed by atoms with Gasteiger partial charge in [0.05, 0.1) is 6.42 Å². The van der Waals surface area contributed by atoms with Gasteiger partial charge in [-0.2, -0.15) is 0 Å². The molecule has 0 saturated heterocycles. The van der Waals surface area contributed by atoms with Crippen molar-refractivity contribution >= 4 is 23.2 Å². The molecule has 0 unspecified atom stereocenters. The average molecular weight is 265 g/mol. The van der Waals surface area contributed by atoms with Crippen molar-refractivity contribution in [3.8, 4) is 0 Å². The van der Waals surface area contributed by atoms with E-state index in [9.17, 15) is 9.18 Å². The maximum Gasteiger partial charge on any atom is 0.228 e. The van der Waals surface area contributed by atoms with Crippen LogP contribution in [0.4, 0.5) is 10.1 Å². The molecule has 3 nitrogen and oxygen atoms in total. The van der Waals surface area contributed by atoms with Crippen LogP contribution in [0.3, 0.4) is 0 Å². The minimum Gasteiger partial charge on any atom is -0.326 e. The summed E-state index contributed by atoms with van der Waals surface area (Å²) in [5.41, 5.74) is 0.940. The minimum absolute atomic E-state index is 0.0364. The van der Waals surface area contributed by atoms with E-state index < -0.39 is 5.82 Å². The van der Waals surface area contributed by atoms with E-state index in [2.05, 4.69) is 10.3 Å². The molecule has 0 saturated carbocycles. The second-order valence-corrected chi connectivity index (χ2v) is 4.13. The number of nitrogens with one attached hydrogen (secondary N) is 1. The summed E-state index contributed by atoms with van der Waals surface area (Å²) in [7, 11) is 0. The first kappa shape index (κ1) is 12.5. The van der Waals surface area contributed by atoms with Crippen molar-refractivity contribution in [1.29, 1.82) is 0 Å². The van der Waals surface area contributed by atoms with Gasteiger partial charge in [0.15, 0.2) is 0 Å². The normalized spacial score (nSPS) is 10.1. The fourth-order valence-electron chi connectivity index (χ4n) is 1.48. The predicted molar refractivity (Wildman–Crippen MR) is 68.0 cm³/mol. The van der Waals surface area contributed by atoms with Gasteiger partial charge in [0.1, 0.15) is 5.82 Å². The van der Waals surface area contributed by atoms with Crippen molar-refractivity contribution in [3.63, 3.8) is 0 Å². The molecule has 2 rings (SSSR count). The number of aromatic nitrogens is 1. The van der Waals surface area contributed by atoms with Crippen LogP contribution in [0.2, 0.25) is 5.02 Å². The van der Waals surface area contributed by atoms with Crippen LogP contribution < -0.4 is 5.32 Å². The van der Waals surface area contributed by atoms with E-state index in [-0.39, 0.29) is 12.3 Å². The molecule has 0 aliphatic heterocycles. The molecule has 0 bridgehead atoms. The second-order valence-electron chi connectivity index (χ2n) is 3.70. The zero-order chi connectivity index (χ0) is 13.0. The highest BCUT2D eigenvalue weighted by atomic mass is 35.5. The minimum atomic E-state index is -0.479. The molecule has 2 aromatic rings. The van der Waals surface area contributed by atoms with Crippen LogP contribution >= 0.6 is 11.6 Å². The molecule has 1 aromatic heterocycles. The van der Waals surface area contributed by atoms with Crippen molar-refractivity contribution in [1.82, 2.24) is 4.98 Å². The first-order chi connectivity index (χ1) is 8.65. The van der Waals surface area contributed by atoms with E-state index in [1.165, 1.54) is 12.1 Å². The molecule has 1 aromatic carbocycles. The topological polar surface area (TPSA) is 42.0 Å². The summed E-state index contributed by atoms with van der Waals surface area (Å²) >= 11 is 5.64. The number of anilines is 1. The molecule has 18 heavy (non-hydrogen) atoms. The van der Waals surface area contributed by atoms with E-state index in [0.717, 1.165) is 0 Å². The lowest BCUT2D eigenvalue weighted by molar-refractivity contribution is -0.115. The van der Waals surface area contributed by atoms with E-state index in [1.807, 2.05) is 0 Å². The molecule has 5 heteroatoms. The van der Waals surface area contributed by atoms with Gasteiger partial charge >= 0.3 is 0 Å². The number of nitrogens with zero attached hydrogens (tertiary/aromatic N) is 1. The number of pyridine rings is 1. The Morgan fingerprint density at radius 2 is 2.00 bits per heavy atom. The summed E-state index contributed by atoms with van der Waals surface area (Å²) in [4.78, 5) is 15.5. The van der Waals surface area contributed by atoms with Crippen LogP contribution in [0.1, 0.15) is 5.56 Å². The molecule has 92 valence electrons. The van der Waals surface area contributed by atoms with Gasteiger partial charge in [0.2, 0.25) is 5.91 Å². The highest BCUT2D eigenvalue weighted by Crippen LogP contribution is 2.15. The standard InChI is InChI=1S/C13H10ClFN2O/c14-10-2-1-9(12(15)8-10)7-13(18)17-11-3-5-16-6-4-11/h1-6,8H,7H2,(H,16,17,18). The largest absolute Gasteiger partial charge is 0.326 e. The Kier molecular flexibility index (Phi) is 3.89. The fraction of sp³-hybridized carbons (Fsp3) is 0.0769. The number of hydrogen-bond acceptors (Lipinski definition) is 2. The summed E-state index contributed by atoms with van der Waals surface area (Å²) < 4.78 is 13.5. The number of hydrogen-bond donors (Lipinski definition) is 1. The fourth-order valence-corrected chi connectivity index (χ4v) is 1.64. The molecule has 0 aliphatic rings. The Balaban J connectivity index is 2.03. The molecule has 0 fully saturated rings. The second kappa shape index (κ2) is 5.60. The number of rotatable bonds is 3. The number of carbonyl (C=O) groups excluding carboxylic acids is 1. The van der Waals surface area contributed by atoms with Crippen molar-refractivity contribution in [2.45, 2.75) is 6.42 Å².